The van der Waals surface area contributed by atoms with Crippen molar-refractivity contribution in [2.24, 2.45) is 0 Å². The monoisotopic (exact) mass is 258 g/mol. The summed E-state index contributed by atoms with van der Waals surface area (Å²) in [5, 5.41) is 9.68. The van der Waals surface area contributed by atoms with Crippen molar-refractivity contribution in [3.63, 3.8) is 0 Å². The van der Waals surface area contributed by atoms with Crippen LogP contribution in [0.1, 0.15) is 23.6 Å². The van der Waals surface area contributed by atoms with Gasteiger partial charge in [0.25, 0.3) is 0 Å². The molecule has 0 fully saturated rings. The van der Waals surface area contributed by atoms with Gasteiger partial charge in [0.2, 0.25) is 0 Å². The quantitative estimate of drug-likeness (QED) is 0.764. The first-order chi connectivity index (χ1) is 8.66. The van der Waals surface area contributed by atoms with E-state index in [2.05, 4.69) is 21.5 Å². The third kappa shape index (κ3) is 1.74. The molecule has 0 radical (unpaired) electrons. The minimum Gasteiger partial charge on any atom is -0.388 e. The third-order valence-electron chi connectivity index (χ3n) is 3.04. The van der Waals surface area contributed by atoms with E-state index in [-0.39, 0.29) is 0 Å². The predicted octanol–water partition coefficient (Wildman–Crippen LogP) is 3.42. The normalized spacial score (nSPS) is 13.1. The van der Waals surface area contributed by atoms with Crippen LogP contribution in [0.15, 0.2) is 36.5 Å². The van der Waals surface area contributed by atoms with Crippen molar-refractivity contribution in [2.45, 2.75) is 20.0 Å². The second-order valence-corrected chi connectivity index (χ2v) is 5.38. The molecule has 1 N–H and O–H groups in total. The number of imidazole rings is 1. The minimum atomic E-state index is -0.433. The summed E-state index contributed by atoms with van der Waals surface area (Å²) < 4.78 is 2.05. The molecule has 92 valence electrons. The van der Waals surface area contributed by atoms with Crippen LogP contribution in [-0.4, -0.2) is 14.5 Å². The average Bonchev–Trinajstić information content (AvgIpc) is 2.91. The molecule has 0 amide bonds. The summed E-state index contributed by atoms with van der Waals surface area (Å²) in [6, 6.07) is 10.1. The lowest BCUT2D eigenvalue weighted by Crippen LogP contribution is -1.91. The highest BCUT2D eigenvalue weighted by molar-refractivity contribution is 7.17. The summed E-state index contributed by atoms with van der Waals surface area (Å²) in [5.41, 5.74) is 3.16. The smallest absolute Gasteiger partial charge is 0.194 e. The number of aliphatic hydroxyl groups is 1. The Morgan fingerprint density at radius 2 is 2.00 bits per heavy atom. The third-order valence-corrected chi connectivity index (χ3v) is 4.37. The number of aryl methyl sites for hydroxylation is 1. The van der Waals surface area contributed by atoms with Crippen LogP contribution in [0.2, 0.25) is 0 Å². The van der Waals surface area contributed by atoms with Crippen LogP contribution in [-0.2, 0) is 0 Å². The summed E-state index contributed by atoms with van der Waals surface area (Å²) in [4.78, 5) is 6.53. The van der Waals surface area contributed by atoms with E-state index in [1.807, 2.05) is 31.3 Å². The number of benzene rings is 1. The standard InChI is InChI=1S/C14H14N2OS/c1-9-13(10(2)17)18-14-15-12(8-16(9)14)11-6-4-3-5-7-11/h3-8,10,17H,1-2H3. The van der Waals surface area contributed by atoms with E-state index in [0.29, 0.717) is 0 Å². The molecule has 1 aromatic carbocycles. The number of thiazole rings is 1. The van der Waals surface area contributed by atoms with E-state index in [0.717, 1.165) is 26.8 Å². The highest BCUT2D eigenvalue weighted by atomic mass is 32.1. The zero-order valence-electron chi connectivity index (χ0n) is 10.3. The Morgan fingerprint density at radius 1 is 1.28 bits per heavy atom. The number of hydrogen-bond acceptors (Lipinski definition) is 3. The molecule has 1 unspecified atom stereocenters. The number of nitrogens with zero attached hydrogens (tertiary/aromatic N) is 2. The molecule has 0 aliphatic rings. The molecule has 0 saturated carbocycles. The summed E-state index contributed by atoms with van der Waals surface area (Å²) in [6.45, 7) is 3.80. The zero-order chi connectivity index (χ0) is 12.7. The van der Waals surface area contributed by atoms with Crippen molar-refractivity contribution in [3.05, 3.63) is 47.1 Å². The molecule has 1 atom stereocenters. The van der Waals surface area contributed by atoms with Gasteiger partial charge in [0.05, 0.1) is 16.7 Å². The van der Waals surface area contributed by atoms with Crippen LogP contribution < -0.4 is 0 Å². The molecule has 4 heteroatoms. The zero-order valence-corrected chi connectivity index (χ0v) is 11.1. The fourth-order valence-electron chi connectivity index (χ4n) is 2.10. The lowest BCUT2D eigenvalue weighted by molar-refractivity contribution is 0.202. The molecule has 18 heavy (non-hydrogen) atoms. The van der Waals surface area contributed by atoms with Gasteiger partial charge in [-0.3, -0.25) is 4.40 Å². The Hall–Kier alpha value is -1.65. The molecule has 0 spiro atoms. The second-order valence-electron chi connectivity index (χ2n) is 4.37. The average molecular weight is 258 g/mol. The first-order valence-electron chi connectivity index (χ1n) is 5.88. The molecule has 2 heterocycles. The number of aromatic nitrogens is 2. The maximum atomic E-state index is 9.68. The van der Waals surface area contributed by atoms with E-state index >= 15 is 0 Å². The van der Waals surface area contributed by atoms with Gasteiger partial charge < -0.3 is 5.11 Å². The first kappa shape index (κ1) is 11.4. The molecule has 0 aliphatic carbocycles. The summed E-state index contributed by atoms with van der Waals surface area (Å²) in [6.07, 6.45) is 1.60. The predicted molar refractivity (Wildman–Crippen MR) is 73.9 cm³/mol. The van der Waals surface area contributed by atoms with Crippen molar-refractivity contribution >= 4 is 16.3 Å². The molecular weight excluding hydrogens is 244 g/mol. The fraction of sp³-hybridized carbons (Fsp3) is 0.214. The maximum absolute atomic E-state index is 9.68. The molecular formula is C14H14N2OS. The Morgan fingerprint density at radius 3 is 2.61 bits per heavy atom. The molecule has 0 aliphatic heterocycles. The number of aliphatic hydroxyl groups excluding tert-OH is 1. The maximum Gasteiger partial charge on any atom is 0.194 e. The van der Waals surface area contributed by atoms with Gasteiger partial charge in [-0.25, -0.2) is 4.98 Å². The molecule has 3 rings (SSSR count). The van der Waals surface area contributed by atoms with Gasteiger partial charge >= 0.3 is 0 Å². The Kier molecular flexibility index (Phi) is 2.69. The van der Waals surface area contributed by atoms with Crippen LogP contribution in [0.25, 0.3) is 16.2 Å². The Bertz CT molecular complexity index is 682. The van der Waals surface area contributed by atoms with Crippen molar-refractivity contribution in [1.82, 2.24) is 9.38 Å². The van der Waals surface area contributed by atoms with Crippen LogP contribution in [0.4, 0.5) is 0 Å². The highest BCUT2D eigenvalue weighted by Gasteiger charge is 2.15. The molecule has 2 aromatic heterocycles. The first-order valence-corrected chi connectivity index (χ1v) is 6.70. The summed E-state index contributed by atoms with van der Waals surface area (Å²) in [7, 11) is 0. The summed E-state index contributed by atoms with van der Waals surface area (Å²) in [5.74, 6) is 0. The number of fused-ring (bicyclic) bond motifs is 1. The largest absolute Gasteiger partial charge is 0.388 e. The van der Waals surface area contributed by atoms with Gasteiger partial charge in [-0.1, -0.05) is 41.7 Å². The molecule has 3 nitrogen and oxygen atoms in total. The van der Waals surface area contributed by atoms with Gasteiger partial charge in [-0.05, 0) is 13.8 Å². The van der Waals surface area contributed by atoms with Crippen molar-refractivity contribution in [2.75, 3.05) is 0 Å². The molecule has 0 bridgehead atoms. The van der Waals surface area contributed by atoms with Gasteiger partial charge in [-0.2, -0.15) is 0 Å². The van der Waals surface area contributed by atoms with Crippen molar-refractivity contribution < 1.29 is 5.11 Å². The number of rotatable bonds is 2. The van der Waals surface area contributed by atoms with Crippen molar-refractivity contribution in [1.29, 1.82) is 0 Å². The lowest BCUT2D eigenvalue weighted by Gasteiger charge is -2.01. The minimum absolute atomic E-state index is 0.433. The highest BCUT2D eigenvalue weighted by Crippen LogP contribution is 2.30. The van der Waals surface area contributed by atoms with E-state index in [1.165, 1.54) is 0 Å². The molecule has 3 aromatic rings. The topological polar surface area (TPSA) is 37.5 Å². The summed E-state index contributed by atoms with van der Waals surface area (Å²) >= 11 is 1.55. The van der Waals surface area contributed by atoms with Gasteiger partial charge in [0, 0.05) is 17.5 Å². The second kappa shape index (κ2) is 4.23. The van der Waals surface area contributed by atoms with Crippen LogP contribution in [0.5, 0.6) is 0 Å². The molecule has 0 saturated heterocycles. The fourth-order valence-corrected chi connectivity index (χ4v) is 3.15. The lowest BCUT2D eigenvalue weighted by atomic mass is 10.2. The number of hydrogen-bond donors (Lipinski definition) is 1. The van der Waals surface area contributed by atoms with E-state index in [4.69, 9.17) is 0 Å². The Labute approximate surface area is 109 Å². The van der Waals surface area contributed by atoms with Crippen LogP contribution >= 0.6 is 11.3 Å². The van der Waals surface area contributed by atoms with Gasteiger partial charge in [-0.15, -0.1) is 0 Å². The van der Waals surface area contributed by atoms with E-state index in [1.54, 1.807) is 18.3 Å². The van der Waals surface area contributed by atoms with Gasteiger partial charge in [0.1, 0.15) is 0 Å². The van der Waals surface area contributed by atoms with Gasteiger partial charge in [0.15, 0.2) is 4.96 Å². The van der Waals surface area contributed by atoms with E-state index < -0.39 is 6.10 Å². The van der Waals surface area contributed by atoms with Crippen molar-refractivity contribution in [3.8, 4) is 11.3 Å². The SMILES string of the molecule is Cc1c(C(C)O)sc2nc(-c3ccccc3)cn12. The van der Waals surface area contributed by atoms with E-state index in [9.17, 15) is 5.11 Å². The van der Waals surface area contributed by atoms with Crippen LogP contribution in [0, 0.1) is 6.92 Å². The Balaban J connectivity index is 2.14. The van der Waals surface area contributed by atoms with Crippen LogP contribution in [0.3, 0.4) is 0 Å².